The van der Waals surface area contributed by atoms with Crippen LogP contribution in [0.15, 0.2) is 53.5 Å². The van der Waals surface area contributed by atoms with Gasteiger partial charge < -0.3 is 19.4 Å². The summed E-state index contributed by atoms with van der Waals surface area (Å²) in [7, 11) is 3.09. The third-order valence-electron chi connectivity index (χ3n) is 5.34. The number of likely N-dealkylation sites (tertiary alicyclic amines) is 1. The molecule has 1 aliphatic heterocycles. The molecular weight excluding hydrogens is 356 g/mol. The summed E-state index contributed by atoms with van der Waals surface area (Å²) < 4.78 is 10.5. The molecule has 1 aliphatic rings. The predicted molar refractivity (Wildman–Crippen MR) is 107 cm³/mol. The van der Waals surface area contributed by atoms with Crippen LogP contribution in [0.5, 0.6) is 11.5 Å². The second-order valence-corrected chi connectivity index (χ2v) is 6.84. The van der Waals surface area contributed by atoms with Crippen LogP contribution in [0.1, 0.15) is 34.9 Å². The molecule has 0 spiro atoms. The molecule has 144 valence electrons. The number of benzene rings is 2. The van der Waals surface area contributed by atoms with Crippen LogP contribution >= 0.6 is 0 Å². The molecule has 1 amide bonds. The summed E-state index contributed by atoms with van der Waals surface area (Å²) in [5, 5.41) is 2.11. The van der Waals surface area contributed by atoms with Crippen LogP contribution in [0.3, 0.4) is 0 Å². The van der Waals surface area contributed by atoms with E-state index in [2.05, 4.69) is 11.1 Å². The zero-order valence-corrected chi connectivity index (χ0v) is 15.9. The Morgan fingerprint density at radius 3 is 2.54 bits per heavy atom. The van der Waals surface area contributed by atoms with Gasteiger partial charge in [-0.05, 0) is 29.9 Å². The van der Waals surface area contributed by atoms with Crippen molar-refractivity contribution in [2.45, 2.75) is 18.9 Å². The number of aromatic nitrogens is 1. The lowest BCUT2D eigenvalue weighted by Gasteiger charge is -2.26. The van der Waals surface area contributed by atoms with Gasteiger partial charge in [-0.1, -0.05) is 30.3 Å². The maximum Gasteiger partial charge on any atom is 0.270 e. The smallest absolute Gasteiger partial charge is 0.270 e. The monoisotopic (exact) mass is 378 g/mol. The Balaban J connectivity index is 1.73. The number of nitrogens with one attached hydrogen (secondary N) is 1. The van der Waals surface area contributed by atoms with Gasteiger partial charge >= 0.3 is 0 Å². The van der Waals surface area contributed by atoms with E-state index in [-0.39, 0.29) is 28.8 Å². The number of ether oxygens (including phenoxy) is 2. The maximum atomic E-state index is 13.1. The van der Waals surface area contributed by atoms with Crippen LogP contribution in [-0.2, 0) is 0 Å². The van der Waals surface area contributed by atoms with Crippen molar-refractivity contribution in [3.8, 4) is 11.5 Å². The zero-order chi connectivity index (χ0) is 19.7. The van der Waals surface area contributed by atoms with E-state index in [1.165, 1.54) is 19.4 Å². The van der Waals surface area contributed by atoms with Crippen molar-refractivity contribution in [3.63, 3.8) is 0 Å². The third-order valence-corrected chi connectivity index (χ3v) is 5.34. The van der Waals surface area contributed by atoms with Crippen molar-refractivity contribution in [2.75, 3.05) is 20.8 Å². The largest absolute Gasteiger partial charge is 0.496 e. The average molecular weight is 378 g/mol. The lowest BCUT2D eigenvalue weighted by Crippen LogP contribution is -2.32. The molecule has 0 radical (unpaired) electrons. The van der Waals surface area contributed by atoms with Crippen LogP contribution in [0, 0.1) is 0 Å². The Morgan fingerprint density at radius 1 is 1.07 bits per heavy atom. The lowest BCUT2D eigenvalue weighted by atomic mass is 9.96. The van der Waals surface area contributed by atoms with Gasteiger partial charge in [-0.25, -0.2) is 0 Å². The Bertz CT molecular complexity index is 1090. The van der Waals surface area contributed by atoms with Crippen LogP contribution in [0.25, 0.3) is 10.8 Å². The van der Waals surface area contributed by atoms with Crippen molar-refractivity contribution < 1.29 is 14.3 Å². The van der Waals surface area contributed by atoms with Gasteiger partial charge in [-0.3, -0.25) is 9.59 Å². The summed E-state index contributed by atoms with van der Waals surface area (Å²) >= 11 is 0. The fourth-order valence-electron chi connectivity index (χ4n) is 3.99. The first-order valence-electron chi connectivity index (χ1n) is 9.27. The molecule has 2 aromatic carbocycles. The van der Waals surface area contributed by atoms with Gasteiger partial charge in [0.25, 0.3) is 5.91 Å². The molecule has 3 aromatic rings. The number of pyridine rings is 1. The van der Waals surface area contributed by atoms with Crippen LogP contribution in [-0.4, -0.2) is 36.6 Å². The van der Waals surface area contributed by atoms with Crippen molar-refractivity contribution in [2.24, 2.45) is 0 Å². The number of amides is 1. The minimum absolute atomic E-state index is 0.0473. The second kappa shape index (κ2) is 7.38. The number of rotatable bonds is 4. The predicted octanol–water partition coefficient (Wildman–Crippen LogP) is 3.52. The molecule has 0 aliphatic carbocycles. The Hall–Kier alpha value is -3.28. The van der Waals surface area contributed by atoms with E-state index in [4.69, 9.17) is 9.47 Å². The van der Waals surface area contributed by atoms with E-state index in [9.17, 15) is 9.59 Å². The molecule has 0 bridgehead atoms. The number of nitrogens with zero attached hydrogens (tertiary/aromatic N) is 1. The molecule has 1 N–H and O–H groups in total. The Kier molecular flexibility index (Phi) is 4.77. The zero-order valence-electron chi connectivity index (χ0n) is 15.9. The van der Waals surface area contributed by atoms with E-state index in [0.29, 0.717) is 6.54 Å². The van der Waals surface area contributed by atoms with Gasteiger partial charge in [0.05, 0.1) is 20.3 Å². The molecule has 2 heterocycles. The molecule has 4 rings (SSSR count). The van der Waals surface area contributed by atoms with E-state index < -0.39 is 0 Å². The lowest BCUT2D eigenvalue weighted by molar-refractivity contribution is 0.0730. The molecule has 0 unspecified atom stereocenters. The summed E-state index contributed by atoms with van der Waals surface area (Å²) in [6, 6.07) is 13.3. The summed E-state index contributed by atoms with van der Waals surface area (Å²) in [5.74, 6) is 0.826. The summed E-state index contributed by atoms with van der Waals surface area (Å²) in [5.41, 5.74) is 1.06. The highest BCUT2D eigenvalue weighted by Gasteiger charge is 2.32. The first-order valence-corrected chi connectivity index (χ1v) is 9.27. The quantitative estimate of drug-likeness (QED) is 0.754. The highest BCUT2D eigenvalue weighted by Crippen LogP contribution is 2.39. The van der Waals surface area contributed by atoms with Crippen molar-refractivity contribution in [1.82, 2.24) is 9.88 Å². The standard InChI is InChI=1S/C22H22N2O4/c1-27-20-10-9-15(14-6-3-4-7-16(14)20)18-8-5-11-24(18)22(26)17-12-19(25)21(28-2)13-23-17/h3-4,6-7,9-10,12-13,18H,5,8,11H2,1-2H3,(H,23,25)/t18-/m0/s1. The molecule has 6 heteroatoms. The van der Waals surface area contributed by atoms with Crippen molar-refractivity contribution in [3.05, 3.63) is 70.1 Å². The van der Waals surface area contributed by atoms with Gasteiger partial charge in [0.15, 0.2) is 5.75 Å². The number of carbonyl (C=O) groups is 1. The third kappa shape index (κ3) is 3.01. The van der Waals surface area contributed by atoms with Crippen LogP contribution in [0.2, 0.25) is 0 Å². The number of hydrogen-bond acceptors (Lipinski definition) is 4. The second-order valence-electron chi connectivity index (χ2n) is 6.84. The van der Waals surface area contributed by atoms with E-state index in [1.807, 2.05) is 35.2 Å². The molecule has 6 nitrogen and oxygen atoms in total. The fourth-order valence-corrected chi connectivity index (χ4v) is 3.99. The van der Waals surface area contributed by atoms with Crippen LogP contribution < -0.4 is 14.9 Å². The highest BCUT2D eigenvalue weighted by molar-refractivity contribution is 5.95. The van der Waals surface area contributed by atoms with E-state index in [1.54, 1.807) is 7.11 Å². The fraction of sp³-hybridized carbons (Fsp3) is 0.273. The Labute approximate surface area is 162 Å². The van der Waals surface area contributed by atoms with E-state index >= 15 is 0 Å². The number of methoxy groups -OCH3 is 2. The average Bonchev–Trinajstić information content (AvgIpc) is 3.21. The first kappa shape index (κ1) is 18.1. The van der Waals surface area contributed by atoms with Gasteiger partial charge in [-0.15, -0.1) is 0 Å². The molecule has 1 aromatic heterocycles. The summed E-state index contributed by atoms with van der Waals surface area (Å²) in [6.07, 6.45) is 3.23. The topological polar surface area (TPSA) is 71.6 Å². The molecular formula is C22H22N2O4. The number of aromatic amines is 1. The van der Waals surface area contributed by atoms with Gasteiger partial charge in [0.2, 0.25) is 5.43 Å². The molecule has 1 fully saturated rings. The van der Waals surface area contributed by atoms with Crippen molar-refractivity contribution in [1.29, 1.82) is 0 Å². The minimum atomic E-state index is -0.310. The number of H-pyrrole nitrogens is 1. The first-order chi connectivity index (χ1) is 13.6. The van der Waals surface area contributed by atoms with Gasteiger partial charge in [0, 0.05) is 24.2 Å². The highest BCUT2D eigenvalue weighted by atomic mass is 16.5. The normalized spacial score (nSPS) is 16.4. The van der Waals surface area contributed by atoms with E-state index in [0.717, 1.165) is 34.9 Å². The summed E-state index contributed by atoms with van der Waals surface area (Å²) in [4.78, 5) is 29.9. The maximum absolute atomic E-state index is 13.1. The molecule has 1 atom stereocenters. The van der Waals surface area contributed by atoms with Crippen molar-refractivity contribution >= 4 is 16.7 Å². The number of carbonyl (C=O) groups excluding carboxylic acids is 1. The molecule has 28 heavy (non-hydrogen) atoms. The minimum Gasteiger partial charge on any atom is -0.496 e. The SMILES string of the molecule is COc1c[nH]c(C(=O)N2CCC[C@H]2c2ccc(OC)c3ccccc23)cc1=O. The van der Waals surface area contributed by atoms with Gasteiger partial charge in [0.1, 0.15) is 11.4 Å². The van der Waals surface area contributed by atoms with Gasteiger partial charge in [-0.2, -0.15) is 0 Å². The molecule has 0 saturated carbocycles. The van der Waals surface area contributed by atoms with Crippen LogP contribution in [0.4, 0.5) is 0 Å². The number of hydrogen-bond donors (Lipinski definition) is 1. The summed E-state index contributed by atoms with van der Waals surface area (Å²) in [6.45, 7) is 0.651. The Morgan fingerprint density at radius 2 is 1.82 bits per heavy atom. The molecule has 1 saturated heterocycles. The number of fused-ring (bicyclic) bond motifs is 1.